The lowest BCUT2D eigenvalue weighted by atomic mass is 11.8. The summed E-state index contributed by atoms with van der Waals surface area (Å²) in [5.41, 5.74) is 0. The highest BCUT2D eigenvalue weighted by Gasteiger charge is 2.27. The maximum absolute atomic E-state index is 9.63. The Bertz CT molecular complexity index is 156. The molecule has 0 aromatic heterocycles. The smallest absolute Gasteiger partial charge is 0.400 e. The third-order valence-electron chi connectivity index (χ3n) is 0.213. The Hall–Kier alpha value is 0.180. The summed E-state index contributed by atoms with van der Waals surface area (Å²) in [4.78, 5) is 31.0. The van der Waals surface area contributed by atoms with Crippen molar-refractivity contribution in [3.8, 4) is 0 Å². The molecule has 0 spiro atoms. The third-order valence-corrected chi connectivity index (χ3v) is 1.91. The van der Waals surface area contributed by atoms with Gasteiger partial charge in [-0.25, -0.2) is 9.13 Å². The van der Waals surface area contributed by atoms with Crippen LogP contribution in [0.4, 0.5) is 0 Å². The number of phosphoric acid groups is 2. The van der Waals surface area contributed by atoms with Crippen LogP contribution in [-0.4, -0.2) is 44.0 Å². The van der Waals surface area contributed by atoms with Crippen LogP contribution in [-0.2, 0) is 13.4 Å². The van der Waals surface area contributed by atoms with E-state index in [0.717, 1.165) is 14.2 Å². The average molecular weight is 242 g/mol. The van der Waals surface area contributed by atoms with Gasteiger partial charge in [-0.1, -0.05) is 0 Å². The fourth-order valence-electron chi connectivity index (χ4n) is 0.139. The molecule has 0 aromatic rings. The van der Waals surface area contributed by atoms with Crippen LogP contribution in [0.5, 0.6) is 0 Å². The van der Waals surface area contributed by atoms with E-state index in [4.69, 9.17) is 29.8 Å². The zero-order valence-electron chi connectivity index (χ0n) is 6.80. The molecule has 11 heteroatoms. The summed E-state index contributed by atoms with van der Waals surface area (Å²) in [6.45, 7) is 0. The largest absolute Gasteiger partial charge is 0.478 e. The van der Waals surface area contributed by atoms with Gasteiger partial charge in [0.15, 0.2) is 0 Å². The number of aliphatic hydroxyl groups excluding tert-OH is 2. The van der Waals surface area contributed by atoms with Gasteiger partial charge in [0.25, 0.3) is 0 Å². The first-order valence-electron chi connectivity index (χ1n) is 2.42. The predicted molar refractivity (Wildman–Crippen MR) is 41.5 cm³/mol. The summed E-state index contributed by atoms with van der Waals surface area (Å²) in [6, 6.07) is 0. The van der Waals surface area contributed by atoms with Gasteiger partial charge < -0.3 is 29.8 Å². The average Bonchev–Trinajstić information content (AvgIpc) is 1.88. The van der Waals surface area contributed by atoms with E-state index >= 15 is 0 Å². The van der Waals surface area contributed by atoms with Crippen LogP contribution in [0, 0.1) is 0 Å². The Morgan fingerprint density at radius 1 is 0.769 bits per heavy atom. The molecule has 0 saturated heterocycles. The number of hydrogen-bond acceptors (Lipinski definition) is 5. The van der Waals surface area contributed by atoms with Crippen molar-refractivity contribution in [1.82, 2.24) is 0 Å². The van der Waals surface area contributed by atoms with E-state index in [-0.39, 0.29) is 0 Å². The second-order valence-corrected chi connectivity index (χ2v) is 3.68. The van der Waals surface area contributed by atoms with Gasteiger partial charge in [-0.3, -0.25) is 0 Å². The van der Waals surface area contributed by atoms with Crippen molar-refractivity contribution in [2.45, 2.75) is 0 Å². The van der Waals surface area contributed by atoms with Crippen LogP contribution in [0.3, 0.4) is 0 Å². The molecule has 0 aliphatic carbocycles. The highest BCUT2D eigenvalue weighted by Crippen LogP contribution is 2.53. The molecule has 0 aliphatic heterocycles. The van der Waals surface area contributed by atoms with E-state index in [1.165, 1.54) is 0 Å². The molecule has 0 rings (SSSR count). The maximum atomic E-state index is 9.63. The lowest BCUT2D eigenvalue weighted by Crippen LogP contribution is -1.84. The molecule has 6 N–H and O–H groups in total. The van der Waals surface area contributed by atoms with E-state index in [1.807, 2.05) is 0 Å². The van der Waals surface area contributed by atoms with E-state index in [1.54, 1.807) is 0 Å². The SMILES string of the molecule is CO.CO.O=P(O)(O)OP(=O)(O)O. The van der Waals surface area contributed by atoms with Crippen molar-refractivity contribution in [1.29, 1.82) is 0 Å². The van der Waals surface area contributed by atoms with Crippen molar-refractivity contribution in [3.05, 3.63) is 0 Å². The number of rotatable bonds is 2. The minimum atomic E-state index is -5.05. The van der Waals surface area contributed by atoms with Crippen LogP contribution in [0.2, 0.25) is 0 Å². The Morgan fingerprint density at radius 3 is 0.923 bits per heavy atom. The van der Waals surface area contributed by atoms with Gasteiger partial charge in [-0.05, 0) is 0 Å². The molecule has 9 nitrogen and oxygen atoms in total. The molecule has 0 saturated carbocycles. The van der Waals surface area contributed by atoms with Gasteiger partial charge in [0, 0.05) is 14.2 Å². The molecule has 0 bridgehead atoms. The van der Waals surface area contributed by atoms with Crippen LogP contribution in [0.15, 0.2) is 0 Å². The first-order valence-corrected chi connectivity index (χ1v) is 5.49. The molecule has 0 aliphatic rings. The Morgan fingerprint density at radius 2 is 0.923 bits per heavy atom. The monoisotopic (exact) mass is 242 g/mol. The lowest BCUT2D eigenvalue weighted by molar-refractivity contribution is 0.225. The summed E-state index contributed by atoms with van der Waals surface area (Å²) in [5, 5.41) is 14.0. The summed E-state index contributed by atoms with van der Waals surface area (Å²) < 4.78 is 22.2. The first kappa shape index (κ1) is 18.9. The fraction of sp³-hybridized carbons (Fsp3) is 1.00. The second-order valence-electron chi connectivity index (χ2n) is 1.06. The summed E-state index contributed by atoms with van der Waals surface area (Å²) in [5.74, 6) is 0. The molecule has 0 fully saturated rings. The Kier molecular flexibility index (Phi) is 12.7. The van der Waals surface area contributed by atoms with Gasteiger partial charge in [-0.15, -0.1) is 0 Å². The van der Waals surface area contributed by atoms with E-state index in [2.05, 4.69) is 4.31 Å². The number of hydrogen-bond donors (Lipinski definition) is 6. The van der Waals surface area contributed by atoms with Crippen LogP contribution in [0.1, 0.15) is 0 Å². The molecule has 0 aromatic carbocycles. The number of aliphatic hydroxyl groups is 2. The van der Waals surface area contributed by atoms with E-state index < -0.39 is 15.6 Å². The van der Waals surface area contributed by atoms with Gasteiger partial charge in [0.2, 0.25) is 0 Å². The van der Waals surface area contributed by atoms with Gasteiger partial charge in [0.05, 0.1) is 0 Å². The quantitative estimate of drug-likeness (QED) is 0.313. The van der Waals surface area contributed by atoms with Crippen LogP contribution < -0.4 is 0 Å². The normalized spacial score (nSPS) is 10.5. The Labute approximate surface area is 74.1 Å². The summed E-state index contributed by atoms with van der Waals surface area (Å²) in [6.07, 6.45) is 0. The molecule has 0 radical (unpaired) electrons. The first-order chi connectivity index (χ1) is 5.71. The van der Waals surface area contributed by atoms with Crippen molar-refractivity contribution in [2.24, 2.45) is 0 Å². The van der Waals surface area contributed by atoms with Crippen molar-refractivity contribution in [3.63, 3.8) is 0 Å². The summed E-state index contributed by atoms with van der Waals surface area (Å²) >= 11 is 0. The van der Waals surface area contributed by atoms with Crippen molar-refractivity contribution in [2.75, 3.05) is 14.2 Å². The van der Waals surface area contributed by atoms with Crippen molar-refractivity contribution < 1.29 is 43.2 Å². The van der Waals surface area contributed by atoms with E-state index in [9.17, 15) is 9.13 Å². The van der Waals surface area contributed by atoms with Crippen LogP contribution in [0.25, 0.3) is 0 Å². The molecule has 0 heterocycles. The minimum absolute atomic E-state index is 1.00. The van der Waals surface area contributed by atoms with Gasteiger partial charge in [-0.2, -0.15) is 4.31 Å². The zero-order valence-corrected chi connectivity index (χ0v) is 8.59. The van der Waals surface area contributed by atoms with Crippen LogP contribution >= 0.6 is 15.6 Å². The molecule has 0 unspecified atom stereocenters. The minimum Gasteiger partial charge on any atom is -0.400 e. The standard InChI is InChI=1S/2CH4O.H4O7P2/c2*1-2;1-8(2,3)7-9(4,5)6/h2*2H,1H3;(H2,1,2,3)(H2,4,5,6). The molecule has 84 valence electrons. The highest BCUT2D eigenvalue weighted by atomic mass is 31.3. The van der Waals surface area contributed by atoms with Gasteiger partial charge in [0.1, 0.15) is 0 Å². The van der Waals surface area contributed by atoms with Gasteiger partial charge >= 0.3 is 15.6 Å². The molecule has 13 heavy (non-hydrogen) atoms. The molecular formula is C2H12O9P2. The molecular weight excluding hydrogens is 230 g/mol. The summed E-state index contributed by atoms with van der Waals surface area (Å²) in [7, 11) is -8.10. The van der Waals surface area contributed by atoms with Crippen molar-refractivity contribution >= 4 is 15.6 Å². The Balaban J connectivity index is -0.000000218. The highest BCUT2D eigenvalue weighted by molar-refractivity contribution is 7.60. The zero-order chi connectivity index (χ0) is 11.7. The maximum Gasteiger partial charge on any atom is 0.478 e. The molecule has 0 atom stereocenters. The fourth-order valence-corrected chi connectivity index (χ4v) is 1.25. The third kappa shape index (κ3) is 33.0. The van der Waals surface area contributed by atoms with E-state index in [0.29, 0.717) is 0 Å². The lowest BCUT2D eigenvalue weighted by Gasteiger charge is -2.03. The topological polar surface area (TPSA) is 165 Å². The second kappa shape index (κ2) is 8.76. The predicted octanol–water partition coefficient (Wildman–Crippen LogP) is -1.59. The molecule has 0 amide bonds.